The minimum absolute atomic E-state index is 0.265. The number of hydrogen-bond donors (Lipinski definition) is 2. The Hall–Kier alpha value is -3.23. The number of allylic oxidation sites excluding steroid dienone is 1. The molecule has 4 aromatic rings. The molecule has 0 fully saturated rings. The Kier molecular flexibility index (Phi) is 6.13. The molecule has 0 spiro atoms. The molecule has 6 nitrogen and oxygen atoms in total. The summed E-state index contributed by atoms with van der Waals surface area (Å²) in [6.07, 6.45) is 3.27. The van der Waals surface area contributed by atoms with Gasteiger partial charge in [-0.2, -0.15) is 9.67 Å². The summed E-state index contributed by atoms with van der Waals surface area (Å²) >= 11 is 3.30. The van der Waals surface area contributed by atoms with E-state index in [0.29, 0.717) is 25.0 Å². The van der Waals surface area contributed by atoms with Crippen molar-refractivity contribution in [1.82, 2.24) is 14.8 Å². The van der Waals surface area contributed by atoms with E-state index < -0.39 is 0 Å². The third kappa shape index (κ3) is 5.18. The first-order valence-corrected chi connectivity index (χ1v) is 10.8. The summed E-state index contributed by atoms with van der Waals surface area (Å²) in [5.74, 6) is 0.558. The molecule has 0 amide bonds. The van der Waals surface area contributed by atoms with E-state index in [1.54, 1.807) is 28.7 Å². The van der Waals surface area contributed by atoms with Crippen LogP contribution >= 0.6 is 22.7 Å². The molecule has 2 N–H and O–H groups in total. The van der Waals surface area contributed by atoms with E-state index in [9.17, 15) is 4.79 Å². The molecule has 0 saturated heterocycles. The highest BCUT2D eigenvalue weighted by Crippen LogP contribution is 2.16. The number of benzene rings is 1. The monoisotopic (exact) mass is 421 g/mol. The lowest BCUT2D eigenvalue weighted by molar-refractivity contribution is 0.0957. The van der Waals surface area contributed by atoms with Crippen LogP contribution in [0.15, 0.2) is 71.4 Å². The molecular formula is C21H19N5OS2. The molecule has 146 valence electrons. The average Bonchev–Trinajstić information content (AvgIpc) is 3.51. The largest absolute Gasteiger partial charge is 0.349 e. The van der Waals surface area contributed by atoms with Gasteiger partial charge in [0.2, 0.25) is 11.9 Å². The van der Waals surface area contributed by atoms with Crippen molar-refractivity contribution in [2.45, 2.75) is 13.1 Å². The molecule has 0 atom stereocenters. The number of hydrogen-bond acceptors (Lipinski definition) is 7. The van der Waals surface area contributed by atoms with Crippen LogP contribution in [0.4, 0.5) is 11.9 Å². The van der Waals surface area contributed by atoms with E-state index >= 15 is 0 Å². The van der Waals surface area contributed by atoms with Crippen molar-refractivity contribution >= 4 is 46.6 Å². The number of carbonyl (C=O) groups is 1. The SMILES string of the molecule is O=C(/C=C/c1ccccc1)n1nc(NCc2cccs2)nc1NCc1cccs1. The summed E-state index contributed by atoms with van der Waals surface area (Å²) in [7, 11) is 0. The highest BCUT2D eigenvalue weighted by molar-refractivity contribution is 7.10. The average molecular weight is 422 g/mol. The van der Waals surface area contributed by atoms with Gasteiger partial charge in [-0.3, -0.25) is 4.79 Å². The normalized spacial score (nSPS) is 11.0. The van der Waals surface area contributed by atoms with E-state index in [4.69, 9.17) is 0 Å². The van der Waals surface area contributed by atoms with Crippen LogP contribution < -0.4 is 10.6 Å². The molecular weight excluding hydrogens is 402 g/mol. The first kappa shape index (κ1) is 19.1. The van der Waals surface area contributed by atoms with Gasteiger partial charge in [-0.25, -0.2) is 0 Å². The zero-order chi connectivity index (χ0) is 19.9. The van der Waals surface area contributed by atoms with E-state index in [1.807, 2.05) is 65.4 Å². The Morgan fingerprint density at radius 1 is 0.931 bits per heavy atom. The van der Waals surface area contributed by atoms with Crippen LogP contribution in [0.3, 0.4) is 0 Å². The smallest absolute Gasteiger partial charge is 0.274 e. The van der Waals surface area contributed by atoms with Crippen LogP contribution in [0, 0.1) is 0 Å². The Morgan fingerprint density at radius 2 is 1.62 bits per heavy atom. The van der Waals surface area contributed by atoms with Gasteiger partial charge in [-0.05, 0) is 34.5 Å². The zero-order valence-corrected chi connectivity index (χ0v) is 17.1. The topological polar surface area (TPSA) is 71.8 Å². The molecule has 3 heterocycles. The van der Waals surface area contributed by atoms with Gasteiger partial charge in [-0.1, -0.05) is 42.5 Å². The Bertz CT molecular complexity index is 1070. The summed E-state index contributed by atoms with van der Waals surface area (Å²) in [4.78, 5) is 19.6. The van der Waals surface area contributed by atoms with Gasteiger partial charge in [0, 0.05) is 15.8 Å². The second-order valence-corrected chi connectivity index (χ2v) is 8.18. The van der Waals surface area contributed by atoms with Crippen molar-refractivity contribution < 1.29 is 4.79 Å². The molecule has 0 aliphatic rings. The molecule has 4 rings (SSSR count). The third-order valence-corrected chi connectivity index (χ3v) is 5.79. The minimum Gasteiger partial charge on any atom is -0.349 e. The fourth-order valence-electron chi connectivity index (χ4n) is 2.62. The van der Waals surface area contributed by atoms with Crippen molar-refractivity contribution in [2.24, 2.45) is 0 Å². The quantitative estimate of drug-likeness (QED) is 0.393. The van der Waals surface area contributed by atoms with Gasteiger partial charge in [0.25, 0.3) is 5.91 Å². The maximum absolute atomic E-state index is 12.8. The molecule has 0 aliphatic heterocycles. The number of anilines is 2. The van der Waals surface area contributed by atoms with Crippen LogP contribution in [-0.4, -0.2) is 20.7 Å². The summed E-state index contributed by atoms with van der Waals surface area (Å²) in [6, 6.07) is 17.7. The Morgan fingerprint density at radius 3 is 2.28 bits per heavy atom. The minimum atomic E-state index is -0.265. The van der Waals surface area contributed by atoms with E-state index in [-0.39, 0.29) is 5.91 Å². The molecule has 8 heteroatoms. The van der Waals surface area contributed by atoms with E-state index in [1.165, 1.54) is 15.6 Å². The van der Waals surface area contributed by atoms with E-state index in [0.717, 1.165) is 10.4 Å². The van der Waals surface area contributed by atoms with Crippen molar-refractivity contribution in [1.29, 1.82) is 0 Å². The fraction of sp³-hybridized carbons (Fsp3) is 0.0952. The standard InChI is InChI=1S/C21H19N5OS2/c27-19(11-10-16-6-2-1-3-7-16)26-21(23-15-18-9-5-13-29-18)24-20(25-26)22-14-17-8-4-12-28-17/h1-13H,14-15H2,(H2,22,23,24,25)/b11-10+. The molecule has 0 aliphatic carbocycles. The highest BCUT2D eigenvalue weighted by atomic mass is 32.1. The second kappa shape index (κ2) is 9.31. The summed E-state index contributed by atoms with van der Waals surface area (Å²) in [5.41, 5.74) is 0.949. The maximum atomic E-state index is 12.8. The van der Waals surface area contributed by atoms with Crippen molar-refractivity contribution in [3.8, 4) is 0 Å². The number of nitrogens with zero attached hydrogens (tertiary/aromatic N) is 3. The number of aromatic nitrogens is 3. The Balaban J connectivity index is 1.51. The molecule has 29 heavy (non-hydrogen) atoms. The van der Waals surface area contributed by atoms with Gasteiger partial charge in [-0.15, -0.1) is 27.8 Å². The van der Waals surface area contributed by atoms with Crippen molar-refractivity contribution in [3.63, 3.8) is 0 Å². The third-order valence-electron chi connectivity index (χ3n) is 4.04. The predicted octanol–water partition coefficient (Wildman–Crippen LogP) is 4.98. The van der Waals surface area contributed by atoms with Crippen LogP contribution in [0.2, 0.25) is 0 Å². The highest BCUT2D eigenvalue weighted by Gasteiger charge is 2.14. The van der Waals surface area contributed by atoms with Crippen LogP contribution in [-0.2, 0) is 13.1 Å². The zero-order valence-electron chi connectivity index (χ0n) is 15.5. The fourth-order valence-corrected chi connectivity index (χ4v) is 3.91. The molecule has 1 aromatic carbocycles. The van der Waals surface area contributed by atoms with Crippen molar-refractivity contribution in [2.75, 3.05) is 10.6 Å². The maximum Gasteiger partial charge on any atom is 0.274 e. The van der Waals surface area contributed by atoms with Gasteiger partial charge < -0.3 is 10.6 Å². The molecule has 0 radical (unpaired) electrons. The van der Waals surface area contributed by atoms with Gasteiger partial charge in [0.1, 0.15) is 0 Å². The summed E-state index contributed by atoms with van der Waals surface area (Å²) in [6.45, 7) is 1.19. The van der Waals surface area contributed by atoms with Crippen LogP contribution in [0.5, 0.6) is 0 Å². The first-order chi connectivity index (χ1) is 14.3. The number of thiophene rings is 2. The lowest BCUT2D eigenvalue weighted by atomic mass is 10.2. The number of rotatable bonds is 8. The van der Waals surface area contributed by atoms with Crippen LogP contribution in [0.1, 0.15) is 20.1 Å². The molecule has 0 unspecified atom stereocenters. The molecule has 3 aromatic heterocycles. The number of carbonyl (C=O) groups excluding carboxylic acids is 1. The van der Waals surface area contributed by atoms with Crippen LogP contribution in [0.25, 0.3) is 6.08 Å². The van der Waals surface area contributed by atoms with Gasteiger partial charge >= 0.3 is 0 Å². The Labute approximate surface area is 176 Å². The van der Waals surface area contributed by atoms with Crippen molar-refractivity contribution in [3.05, 3.63) is 86.8 Å². The molecule has 0 bridgehead atoms. The summed E-state index contributed by atoms with van der Waals surface area (Å²) in [5, 5.41) is 14.8. The van der Waals surface area contributed by atoms with E-state index in [2.05, 4.69) is 20.7 Å². The number of nitrogens with one attached hydrogen (secondary N) is 2. The second-order valence-electron chi connectivity index (χ2n) is 6.12. The van der Waals surface area contributed by atoms with Gasteiger partial charge in [0.15, 0.2) is 0 Å². The first-order valence-electron chi connectivity index (χ1n) is 9.05. The lowest BCUT2D eigenvalue weighted by Gasteiger charge is -2.03. The van der Waals surface area contributed by atoms with Gasteiger partial charge in [0.05, 0.1) is 13.1 Å². The molecule has 0 saturated carbocycles. The predicted molar refractivity (Wildman–Crippen MR) is 119 cm³/mol. The summed E-state index contributed by atoms with van der Waals surface area (Å²) < 4.78 is 1.30. The lowest BCUT2D eigenvalue weighted by Crippen LogP contribution is -2.14.